The van der Waals surface area contributed by atoms with Crippen LogP contribution in [0.25, 0.3) is 0 Å². The minimum atomic E-state index is -0.862. The number of carbonyl (C=O) groups excluding carboxylic acids is 1. The topological polar surface area (TPSA) is 77.8 Å². The largest absolute Gasteiger partial charge is 0.481 e. The van der Waals surface area contributed by atoms with Gasteiger partial charge in [0.05, 0.1) is 24.5 Å². The van der Waals surface area contributed by atoms with Gasteiger partial charge in [-0.25, -0.2) is 0 Å². The maximum atomic E-state index is 12.4. The molecule has 1 saturated carbocycles. The molecule has 2 N–H and O–H groups in total. The standard InChI is InChI=1S/C13H21NO4/c1-8-5-6-14(11(8)7-15)12(16)9-3-2-4-10(9)13(17)18/h8-11,15H,2-7H2,1H3,(H,17,18). The van der Waals surface area contributed by atoms with E-state index in [2.05, 4.69) is 0 Å². The van der Waals surface area contributed by atoms with Crippen molar-refractivity contribution in [2.24, 2.45) is 17.8 Å². The molecule has 0 aromatic heterocycles. The first kappa shape index (κ1) is 13.3. The first-order chi connectivity index (χ1) is 8.56. The zero-order valence-corrected chi connectivity index (χ0v) is 10.7. The Kier molecular flexibility index (Phi) is 3.90. The summed E-state index contributed by atoms with van der Waals surface area (Å²) in [6, 6.07) is -0.132. The van der Waals surface area contributed by atoms with Gasteiger partial charge in [0.2, 0.25) is 5.91 Å². The summed E-state index contributed by atoms with van der Waals surface area (Å²) in [6.45, 7) is 2.64. The third-order valence-corrected chi connectivity index (χ3v) is 4.50. The molecule has 1 saturated heterocycles. The van der Waals surface area contributed by atoms with E-state index in [4.69, 9.17) is 5.11 Å². The van der Waals surface area contributed by atoms with Gasteiger partial charge < -0.3 is 15.1 Å². The van der Waals surface area contributed by atoms with Crippen LogP contribution in [0.15, 0.2) is 0 Å². The van der Waals surface area contributed by atoms with Crippen molar-refractivity contribution in [1.82, 2.24) is 4.90 Å². The van der Waals surface area contributed by atoms with Gasteiger partial charge in [0.25, 0.3) is 0 Å². The van der Waals surface area contributed by atoms with E-state index in [-0.39, 0.29) is 24.5 Å². The van der Waals surface area contributed by atoms with E-state index in [0.29, 0.717) is 25.3 Å². The molecule has 4 atom stereocenters. The highest BCUT2D eigenvalue weighted by Gasteiger charge is 2.43. The van der Waals surface area contributed by atoms with Gasteiger partial charge in [-0.15, -0.1) is 0 Å². The van der Waals surface area contributed by atoms with Crippen LogP contribution in [-0.2, 0) is 9.59 Å². The Morgan fingerprint density at radius 3 is 2.50 bits per heavy atom. The summed E-state index contributed by atoms with van der Waals surface area (Å²) in [7, 11) is 0. The highest BCUT2D eigenvalue weighted by Crippen LogP contribution is 2.35. The van der Waals surface area contributed by atoms with Crippen LogP contribution in [0.3, 0.4) is 0 Å². The molecule has 2 aliphatic rings. The van der Waals surface area contributed by atoms with Crippen molar-refractivity contribution in [3.63, 3.8) is 0 Å². The summed E-state index contributed by atoms with van der Waals surface area (Å²) < 4.78 is 0. The molecular formula is C13H21NO4. The highest BCUT2D eigenvalue weighted by molar-refractivity contribution is 5.85. The molecule has 1 aliphatic heterocycles. The number of nitrogens with zero attached hydrogens (tertiary/aromatic N) is 1. The molecule has 1 amide bonds. The quantitative estimate of drug-likeness (QED) is 0.779. The van der Waals surface area contributed by atoms with Crippen molar-refractivity contribution in [3.05, 3.63) is 0 Å². The Bertz CT molecular complexity index is 344. The second kappa shape index (κ2) is 5.26. The first-order valence-corrected chi connectivity index (χ1v) is 6.70. The lowest BCUT2D eigenvalue weighted by atomic mass is 9.94. The van der Waals surface area contributed by atoms with Crippen LogP contribution in [-0.4, -0.2) is 46.2 Å². The van der Waals surface area contributed by atoms with Crippen LogP contribution in [0, 0.1) is 17.8 Å². The van der Waals surface area contributed by atoms with Gasteiger partial charge >= 0.3 is 5.97 Å². The molecule has 0 radical (unpaired) electrons. The second-order valence-electron chi connectivity index (χ2n) is 5.53. The van der Waals surface area contributed by atoms with Crippen molar-refractivity contribution in [3.8, 4) is 0 Å². The van der Waals surface area contributed by atoms with E-state index < -0.39 is 11.9 Å². The molecule has 5 nitrogen and oxygen atoms in total. The number of aliphatic hydroxyl groups excluding tert-OH is 1. The first-order valence-electron chi connectivity index (χ1n) is 6.70. The van der Waals surface area contributed by atoms with Gasteiger partial charge in [-0.1, -0.05) is 13.3 Å². The van der Waals surface area contributed by atoms with Gasteiger partial charge in [0, 0.05) is 6.54 Å². The number of carbonyl (C=O) groups is 2. The van der Waals surface area contributed by atoms with Gasteiger partial charge in [0.15, 0.2) is 0 Å². The van der Waals surface area contributed by atoms with Crippen LogP contribution in [0.4, 0.5) is 0 Å². The minimum Gasteiger partial charge on any atom is -0.481 e. The molecule has 2 rings (SSSR count). The third-order valence-electron chi connectivity index (χ3n) is 4.50. The summed E-state index contributed by atoms with van der Waals surface area (Å²) in [4.78, 5) is 25.3. The molecule has 4 unspecified atom stereocenters. The summed E-state index contributed by atoms with van der Waals surface area (Å²) in [5.74, 6) is -1.56. The van der Waals surface area contributed by atoms with Crippen LogP contribution in [0.2, 0.25) is 0 Å². The van der Waals surface area contributed by atoms with Crippen molar-refractivity contribution in [1.29, 1.82) is 0 Å². The number of hydrogen-bond acceptors (Lipinski definition) is 3. The molecule has 18 heavy (non-hydrogen) atoms. The number of carboxylic acid groups (broad SMARTS) is 1. The maximum Gasteiger partial charge on any atom is 0.307 e. The Balaban J connectivity index is 2.09. The number of rotatable bonds is 3. The second-order valence-corrected chi connectivity index (χ2v) is 5.53. The van der Waals surface area contributed by atoms with E-state index in [0.717, 1.165) is 12.8 Å². The fourth-order valence-electron chi connectivity index (χ4n) is 3.32. The van der Waals surface area contributed by atoms with E-state index in [1.165, 1.54) is 0 Å². The summed E-state index contributed by atoms with van der Waals surface area (Å²) in [6.07, 6.45) is 2.96. The Hall–Kier alpha value is -1.10. The van der Waals surface area contributed by atoms with Crippen molar-refractivity contribution < 1.29 is 19.8 Å². The highest BCUT2D eigenvalue weighted by atomic mass is 16.4. The Morgan fingerprint density at radius 1 is 1.22 bits per heavy atom. The third kappa shape index (κ3) is 2.23. The SMILES string of the molecule is CC1CCN(C(=O)C2CCCC2C(=O)O)C1CO. The smallest absolute Gasteiger partial charge is 0.307 e. The fraction of sp³-hybridized carbons (Fsp3) is 0.846. The average Bonchev–Trinajstić information content (AvgIpc) is 2.93. The normalized spacial score (nSPS) is 36.0. The lowest BCUT2D eigenvalue weighted by Crippen LogP contribution is -2.44. The van der Waals surface area contributed by atoms with Gasteiger partial charge in [-0.3, -0.25) is 9.59 Å². The molecule has 5 heteroatoms. The molecule has 0 aromatic rings. The van der Waals surface area contributed by atoms with Gasteiger partial charge in [-0.05, 0) is 25.2 Å². The molecule has 1 heterocycles. The molecule has 1 aliphatic carbocycles. The number of hydrogen-bond donors (Lipinski definition) is 2. The zero-order chi connectivity index (χ0) is 13.3. The Morgan fingerprint density at radius 2 is 1.89 bits per heavy atom. The number of amides is 1. The van der Waals surface area contributed by atoms with Crippen LogP contribution in [0.5, 0.6) is 0 Å². The lowest BCUT2D eigenvalue weighted by molar-refractivity contribution is -0.149. The molecule has 2 fully saturated rings. The maximum absolute atomic E-state index is 12.4. The molecular weight excluding hydrogens is 234 g/mol. The molecule has 102 valence electrons. The van der Waals surface area contributed by atoms with Gasteiger partial charge in [0.1, 0.15) is 0 Å². The van der Waals surface area contributed by atoms with E-state index >= 15 is 0 Å². The predicted octanol–water partition coefficient (Wildman–Crippen LogP) is 0.717. The van der Waals surface area contributed by atoms with Crippen molar-refractivity contribution in [2.75, 3.05) is 13.2 Å². The van der Waals surface area contributed by atoms with E-state index in [9.17, 15) is 14.7 Å². The number of aliphatic hydroxyl groups is 1. The van der Waals surface area contributed by atoms with Crippen LogP contribution >= 0.6 is 0 Å². The summed E-state index contributed by atoms with van der Waals surface area (Å²) in [5, 5.41) is 18.5. The number of carboxylic acids is 1. The molecule has 0 bridgehead atoms. The fourth-order valence-corrected chi connectivity index (χ4v) is 3.32. The van der Waals surface area contributed by atoms with Crippen LogP contribution in [0.1, 0.15) is 32.6 Å². The lowest BCUT2D eigenvalue weighted by Gasteiger charge is -2.29. The predicted molar refractivity (Wildman–Crippen MR) is 64.8 cm³/mol. The summed E-state index contributed by atoms with van der Waals surface area (Å²) in [5.41, 5.74) is 0. The molecule has 0 spiro atoms. The van der Waals surface area contributed by atoms with Crippen LogP contribution < -0.4 is 0 Å². The number of aliphatic carboxylic acids is 1. The minimum absolute atomic E-state index is 0.0304. The number of likely N-dealkylation sites (tertiary alicyclic amines) is 1. The monoisotopic (exact) mass is 255 g/mol. The zero-order valence-electron chi connectivity index (χ0n) is 10.7. The average molecular weight is 255 g/mol. The summed E-state index contributed by atoms with van der Waals surface area (Å²) >= 11 is 0. The molecule has 0 aromatic carbocycles. The van der Waals surface area contributed by atoms with Crippen molar-refractivity contribution >= 4 is 11.9 Å². The van der Waals surface area contributed by atoms with Gasteiger partial charge in [-0.2, -0.15) is 0 Å². The van der Waals surface area contributed by atoms with E-state index in [1.807, 2.05) is 6.92 Å². The van der Waals surface area contributed by atoms with E-state index in [1.54, 1.807) is 4.90 Å². The van der Waals surface area contributed by atoms with Crippen molar-refractivity contribution in [2.45, 2.75) is 38.6 Å². The Labute approximate surface area is 107 Å².